The van der Waals surface area contributed by atoms with Crippen LogP contribution in [0.15, 0.2) is 29.3 Å². The second-order valence-corrected chi connectivity index (χ2v) is 7.15. The van der Waals surface area contributed by atoms with E-state index in [0.29, 0.717) is 0 Å². The molecule has 1 fully saturated rings. The molecular weight excluding hydrogens is 320 g/mol. The zero-order valence-electron chi connectivity index (χ0n) is 15.0. The van der Waals surface area contributed by atoms with E-state index in [-0.39, 0.29) is 0 Å². The van der Waals surface area contributed by atoms with Crippen LogP contribution in [0.3, 0.4) is 0 Å². The molecule has 2 N–H and O–H groups in total. The molecule has 1 aliphatic heterocycles. The lowest BCUT2D eigenvalue weighted by Gasteiger charge is -2.30. The SMILES string of the molecule is CN=C(NCCCCN1CCC(C)CC1)NCc1ccc(Cl)cc1. The molecule has 0 unspecified atom stereocenters. The monoisotopic (exact) mass is 350 g/mol. The third-order valence-corrected chi connectivity index (χ3v) is 4.92. The molecule has 1 aromatic carbocycles. The van der Waals surface area contributed by atoms with Gasteiger partial charge in [-0.25, -0.2) is 0 Å². The van der Waals surface area contributed by atoms with Crippen LogP contribution in [0.25, 0.3) is 0 Å². The van der Waals surface area contributed by atoms with E-state index in [1.54, 1.807) is 0 Å². The fourth-order valence-corrected chi connectivity index (χ4v) is 3.09. The first-order valence-electron chi connectivity index (χ1n) is 9.08. The Kier molecular flexibility index (Phi) is 8.40. The average Bonchev–Trinajstić information content (AvgIpc) is 2.60. The average molecular weight is 351 g/mol. The lowest BCUT2D eigenvalue weighted by atomic mass is 9.99. The van der Waals surface area contributed by atoms with Gasteiger partial charge in [-0.05, 0) is 68.9 Å². The van der Waals surface area contributed by atoms with Crippen molar-refractivity contribution in [2.75, 3.05) is 33.2 Å². The zero-order chi connectivity index (χ0) is 17.2. The van der Waals surface area contributed by atoms with Gasteiger partial charge in [-0.2, -0.15) is 0 Å². The van der Waals surface area contributed by atoms with E-state index in [0.717, 1.165) is 30.0 Å². The number of hydrogen-bond donors (Lipinski definition) is 2. The second-order valence-electron chi connectivity index (χ2n) is 6.71. The largest absolute Gasteiger partial charge is 0.356 e. The third-order valence-electron chi connectivity index (χ3n) is 4.67. The van der Waals surface area contributed by atoms with Gasteiger partial charge in [0.2, 0.25) is 0 Å². The van der Waals surface area contributed by atoms with Crippen LogP contribution in [0.5, 0.6) is 0 Å². The van der Waals surface area contributed by atoms with Crippen LogP contribution in [-0.2, 0) is 6.54 Å². The highest BCUT2D eigenvalue weighted by Crippen LogP contribution is 2.16. The van der Waals surface area contributed by atoms with Crippen molar-refractivity contribution in [2.45, 2.75) is 39.2 Å². The molecular formula is C19H31ClN4. The summed E-state index contributed by atoms with van der Waals surface area (Å²) < 4.78 is 0. The molecule has 134 valence electrons. The van der Waals surface area contributed by atoms with Gasteiger partial charge in [0.15, 0.2) is 5.96 Å². The van der Waals surface area contributed by atoms with Crippen LogP contribution in [0.2, 0.25) is 5.02 Å². The minimum atomic E-state index is 0.753. The standard InChI is InChI=1S/C19H31ClN4/c1-16-9-13-24(14-10-16)12-4-3-11-22-19(21-2)23-15-17-5-7-18(20)8-6-17/h5-8,16H,3-4,9-15H2,1-2H3,(H2,21,22,23). The van der Waals surface area contributed by atoms with E-state index in [1.165, 1.54) is 50.9 Å². The molecule has 2 rings (SSSR count). The topological polar surface area (TPSA) is 39.7 Å². The summed E-state index contributed by atoms with van der Waals surface area (Å²) >= 11 is 5.90. The highest BCUT2D eigenvalue weighted by molar-refractivity contribution is 6.30. The fraction of sp³-hybridized carbons (Fsp3) is 0.632. The van der Waals surface area contributed by atoms with Gasteiger partial charge in [-0.3, -0.25) is 4.99 Å². The molecule has 0 aliphatic carbocycles. The lowest BCUT2D eigenvalue weighted by molar-refractivity contribution is 0.189. The molecule has 1 aromatic rings. The van der Waals surface area contributed by atoms with E-state index >= 15 is 0 Å². The van der Waals surface area contributed by atoms with E-state index in [1.807, 2.05) is 31.3 Å². The summed E-state index contributed by atoms with van der Waals surface area (Å²) in [5.41, 5.74) is 1.20. The van der Waals surface area contributed by atoms with Crippen LogP contribution < -0.4 is 10.6 Å². The molecule has 0 spiro atoms. The van der Waals surface area contributed by atoms with Gasteiger partial charge in [0.05, 0.1) is 0 Å². The maximum atomic E-state index is 5.90. The maximum absolute atomic E-state index is 5.90. The number of aliphatic imine (C=N–C) groups is 1. The number of guanidine groups is 1. The van der Waals surface area contributed by atoms with Crippen LogP contribution in [0.1, 0.15) is 38.2 Å². The highest BCUT2D eigenvalue weighted by Gasteiger charge is 2.14. The molecule has 0 bridgehead atoms. The van der Waals surface area contributed by atoms with Gasteiger partial charge in [-0.1, -0.05) is 30.7 Å². The van der Waals surface area contributed by atoms with Crippen LogP contribution in [0.4, 0.5) is 0 Å². The van der Waals surface area contributed by atoms with Gasteiger partial charge in [0, 0.05) is 25.2 Å². The molecule has 1 heterocycles. The van der Waals surface area contributed by atoms with Gasteiger partial charge in [0.1, 0.15) is 0 Å². The van der Waals surface area contributed by atoms with Crippen molar-refractivity contribution in [3.05, 3.63) is 34.9 Å². The first-order chi connectivity index (χ1) is 11.7. The van der Waals surface area contributed by atoms with E-state index < -0.39 is 0 Å². The van der Waals surface area contributed by atoms with Crippen molar-refractivity contribution in [3.63, 3.8) is 0 Å². The predicted octanol–water partition coefficient (Wildman–Crippen LogP) is 3.52. The molecule has 0 atom stereocenters. The van der Waals surface area contributed by atoms with Crippen molar-refractivity contribution in [2.24, 2.45) is 10.9 Å². The summed E-state index contributed by atoms with van der Waals surface area (Å²) in [5.74, 6) is 1.77. The van der Waals surface area contributed by atoms with Gasteiger partial charge in [-0.15, -0.1) is 0 Å². The molecule has 4 nitrogen and oxygen atoms in total. The molecule has 0 amide bonds. The molecule has 0 aromatic heterocycles. The summed E-state index contributed by atoms with van der Waals surface area (Å²) in [5, 5.41) is 7.49. The normalized spacial score (nSPS) is 17.0. The number of nitrogens with zero attached hydrogens (tertiary/aromatic N) is 2. The van der Waals surface area contributed by atoms with Crippen LogP contribution >= 0.6 is 11.6 Å². The molecule has 1 aliphatic rings. The van der Waals surface area contributed by atoms with Gasteiger partial charge in [0.25, 0.3) is 0 Å². The first-order valence-corrected chi connectivity index (χ1v) is 9.46. The number of unbranched alkanes of at least 4 members (excludes halogenated alkanes) is 1. The highest BCUT2D eigenvalue weighted by atomic mass is 35.5. The van der Waals surface area contributed by atoms with E-state index in [9.17, 15) is 0 Å². The molecule has 1 saturated heterocycles. The number of hydrogen-bond acceptors (Lipinski definition) is 2. The summed E-state index contributed by atoms with van der Waals surface area (Å²) in [7, 11) is 1.81. The Hall–Kier alpha value is -1.26. The predicted molar refractivity (Wildman–Crippen MR) is 104 cm³/mol. The first kappa shape index (κ1) is 19.1. The van der Waals surface area contributed by atoms with Crippen molar-refractivity contribution >= 4 is 17.6 Å². The Morgan fingerprint density at radius 2 is 1.88 bits per heavy atom. The van der Waals surface area contributed by atoms with Crippen molar-refractivity contribution in [3.8, 4) is 0 Å². The van der Waals surface area contributed by atoms with Crippen molar-refractivity contribution in [1.29, 1.82) is 0 Å². The number of rotatable bonds is 7. The van der Waals surface area contributed by atoms with Crippen molar-refractivity contribution in [1.82, 2.24) is 15.5 Å². The van der Waals surface area contributed by atoms with E-state index in [2.05, 4.69) is 27.4 Å². The summed E-state index contributed by atoms with van der Waals surface area (Å²) in [6.45, 7) is 7.86. The number of likely N-dealkylation sites (tertiary alicyclic amines) is 1. The molecule has 0 saturated carbocycles. The molecule has 0 radical (unpaired) electrons. The number of benzene rings is 1. The van der Waals surface area contributed by atoms with E-state index in [4.69, 9.17) is 11.6 Å². The van der Waals surface area contributed by atoms with Crippen LogP contribution in [0, 0.1) is 5.92 Å². The third kappa shape index (κ3) is 7.10. The Morgan fingerprint density at radius 3 is 2.54 bits per heavy atom. The van der Waals surface area contributed by atoms with Crippen LogP contribution in [-0.4, -0.2) is 44.1 Å². The summed E-state index contributed by atoms with van der Waals surface area (Å²) in [6, 6.07) is 7.89. The minimum absolute atomic E-state index is 0.753. The fourth-order valence-electron chi connectivity index (χ4n) is 2.96. The number of halogens is 1. The maximum Gasteiger partial charge on any atom is 0.191 e. The molecule has 5 heteroatoms. The zero-order valence-corrected chi connectivity index (χ0v) is 15.8. The Bertz CT molecular complexity index is 493. The Balaban J connectivity index is 1.55. The lowest BCUT2D eigenvalue weighted by Crippen LogP contribution is -2.38. The van der Waals surface area contributed by atoms with Gasteiger partial charge >= 0.3 is 0 Å². The Labute approximate surface area is 151 Å². The summed E-state index contributed by atoms with van der Waals surface area (Å²) in [6.07, 6.45) is 5.14. The quantitative estimate of drug-likeness (QED) is 0.449. The molecule has 24 heavy (non-hydrogen) atoms. The number of piperidine rings is 1. The number of nitrogens with one attached hydrogen (secondary N) is 2. The van der Waals surface area contributed by atoms with Crippen molar-refractivity contribution < 1.29 is 0 Å². The minimum Gasteiger partial charge on any atom is -0.356 e. The van der Waals surface area contributed by atoms with Gasteiger partial charge < -0.3 is 15.5 Å². The Morgan fingerprint density at radius 1 is 1.17 bits per heavy atom. The summed E-state index contributed by atoms with van der Waals surface area (Å²) in [4.78, 5) is 6.88. The smallest absolute Gasteiger partial charge is 0.191 e. The second kappa shape index (κ2) is 10.6.